The van der Waals surface area contributed by atoms with E-state index < -0.39 is 5.41 Å². The van der Waals surface area contributed by atoms with Crippen LogP contribution < -0.4 is 0 Å². The van der Waals surface area contributed by atoms with Gasteiger partial charge in [-0.2, -0.15) is 0 Å². The highest BCUT2D eigenvalue weighted by molar-refractivity contribution is 5.84. The molecule has 7 nitrogen and oxygen atoms in total. The fourth-order valence-electron chi connectivity index (χ4n) is 5.16. The van der Waals surface area contributed by atoms with Gasteiger partial charge in [-0.15, -0.1) is 0 Å². The molecule has 0 spiro atoms. The van der Waals surface area contributed by atoms with Crippen molar-refractivity contribution in [3.63, 3.8) is 0 Å². The third-order valence-electron chi connectivity index (χ3n) is 6.18. The van der Waals surface area contributed by atoms with E-state index in [9.17, 15) is 9.59 Å². The molecule has 0 aromatic carbocycles. The number of nitrogens with zero attached hydrogens (tertiary/aromatic N) is 5. The molecule has 0 aromatic heterocycles. The van der Waals surface area contributed by atoms with Crippen molar-refractivity contribution in [2.75, 3.05) is 27.2 Å². The van der Waals surface area contributed by atoms with Crippen molar-refractivity contribution < 1.29 is 9.59 Å². The molecule has 3 rings (SSSR count). The summed E-state index contributed by atoms with van der Waals surface area (Å²) in [5.41, 5.74) is 8.25. The SMILES string of the molecule is CN(C)C(=O)N1C[C@@H]2C[C@@](C(=O)N=[N+]=[N-])(C3CCCC3)C[C@@H]2C1. The van der Waals surface area contributed by atoms with E-state index in [1.165, 1.54) is 0 Å². The first-order valence-corrected chi connectivity index (χ1v) is 8.53. The Labute approximate surface area is 136 Å². The lowest BCUT2D eigenvalue weighted by atomic mass is 9.71. The number of carbonyl (C=O) groups is 2. The van der Waals surface area contributed by atoms with Gasteiger partial charge in [0, 0.05) is 37.5 Å². The van der Waals surface area contributed by atoms with Crippen molar-refractivity contribution in [3.8, 4) is 0 Å². The second-order valence-electron chi connectivity index (χ2n) is 7.64. The highest BCUT2D eigenvalue weighted by Crippen LogP contribution is 2.57. The molecule has 2 saturated carbocycles. The van der Waals surface area contributed by atoms with Crippen molar-refractivity contribution in [2.24, 2.45) is 28.3 Å². The molecule has 0 radical (unpaired) electrons. The predicted octanol–water partition coefficient (Wildman–Crippen LogP) is 3.02. The van der Waals surface area contributed by atoms with Crippen molar-refractivity contribution in [1.82, 2.24) is 9.80 Å². The van der Waals surface area contributed by atoms with Gasteiger partial charge in [0.15, 0.2) is 0 Å². The fourth-order valence-corrected chi connectivity index (χ4v) is 5.16. The molecule has 3 aliphatic rings. The number of rotatable bonds is 2. The molecule has 126 valence electrons. The summed E-state index contributed by atoms with van der Waals surface area (Å²) in [6, 6.07) is 0.0484. The molecule has 3 amide bonds. The highest BCUT2D eigenvalue weighted by atomic mass is 16.2. The van der Waals surface area contributed by atoms with Crippen molar-refractivity contribution in [1.29, 1.82) is 0 Å². The van der Waals surface area contributed by atoms with Crippen LogP contribution in [0.5, 0.6) is 0 Å². The molecule has 23 heavy (non-hydrogen) atoms. The fraction of sp³-hybridized carbons (Fsp3) is 0.875. The van der Waals surface area contributed by atoms with Gasteiger partial charge in [0.25, 0.3) is 0 Å². The summed E-state index contributed by atoms with van der Waals surface area (Å²) in [4.78, 5) is 31.0. The number of hydrogen-bond donors (Lipinski definition) is 0. The zero-order valence-electron chi connectivity index (χ0n) is 13.9. The van der Waals surface area contributed by atoms with E-state index >= 15 is 0 Å². The first-order valence-electron chi connectivity index (χ1n) is 8.53. The standard InChI is InChI=1S/C16H25N5O2/c1-20(2)15(23)21-9-11-7-16(8-12(11)10-21,14(22)18-19-17)13-5-3-4-6-13/h11-13H,3-10H2,1-2H3/t11-,12+,16-. The minimum Gasteiger partial charge on any atom is -0.331 e. The molecule has 0 unspecified atom stereocenters. The molecular weight excluding hydrogens is 294 g/mol. The van der Waals surface area contributed by atoms with Gasteiger partial charge >= 0.3 is 6.03 Å². The number of carbonyl (C=O) groups excluding carboxylic acids is 2. The summed E-state index contributed by atoms with van der Waals surface area (Å²) in [6.45, 7) is 1.44. The van der Waals surface area contributed by atoms with E-state index in [-0.39, 0.29) is 11.9 Å². The summed E-state index contributed by atoms with van der Waals surface area (Å²) in [7, 11) is 3.54. The number of likely N-dealkylation sites (tertiary alicyclic amines) is 1. The summed E-state index contributed by atoms with van der Waals surface area (Å²) < 4.78 is 0. The number of azide groups is 1. The Hall–Kier alpha value is -1.75. The Morgan fingerprint density at radius 1 is 1.17 bits per heavy atom. The Morgan fingerprint density at radius 3 is 2.22 bits per heavy atom. The van der Waals surface area contributed by atoms with Crippen LogP contribution in [0.15, 0.2) is 5.11 Å². The van der Waals surface area contributed by atoms with Gasteiger partial charge in [-0.05, 0) is 54.1 Å². The van der Waals surface area contributed by atoms with Gasteiger partial charge in [-0.1, -0.05) is 12.8 Å². The van der Waals surface area contributed by atoms with Gasteiger partial charge in [0.2, 0.25) is 5.91 Å². The first-order chi connectivity index (χ1) is 11.0. The topological polar surface area (TPSA) is 89.4 Å². The van der Waals surface area contributed by atoms with E-state index in [4.69, 9.17) is 5.53 Å². The smallest absolute Gasteiger partial charge is 0.319 e. The van der Waals surface area contributed by atoms with Gasteiger partial charge in [-0.25, -0.2) is 4.79 Å². The monoisotopic (exact) mass is 319 g/mol. The minimum atomic E-state index is -0.467. The second kappa shape index (κ2) is 6.04. The molecule has 0 N–H and O–H groups in total. The lowest BCUT2D eigenvalue weighted by molar-refractivity contribution is -0.131. The van der Waals surface area contributed by atoms with Crippen molar-refractivity contribution >= 4 is 11.9 Å². The summed E-state index contributed by atoms with van der Waals surface area (Å²) in [5.74, 6) is 0.811. The van der Waals surface area contributed by atoms with Crippen molar-refractivity contribution in [2.45, 2.75) is 38.5 Å². The van der Waals surface area contributed by atoms with Crippen LogP contribution in [-0.2, 0) is 4.79 Å². The summed E-state index contributed by atoms with van der Waals surface area (Å²) in [5, 5.41) is 3.49. The van der Waals surface area contributed by atoms with Gasteiger partial charge in [-0.3, -0.25) is 4.79 Å². The van der Waals surface area contributed by atoms with E-state index in [2.05, 4.69) is 10.0 Å². The predicted molar refractivity (Wildman–Crippen MR) is 85.4 cm³/mol. The maximum atomic E-state index is 12.6. The maximum absolute atomic E-state index is 12.6. The van der Waals surface area contributed by atoms with Crippen LogP contribution in [0.25, 0.3) is 10.4 Å². The zero-order chi connectivity index (χ0) is 16.6. The Kier molecular flexibility index (Phi) is 4.23. The number of urea groups is 1. The molecule has 0 bridgehead atoms. The largest absolute Gasteiger partial charge is 0.331 e. The molecular formula is C16H25N5O2. The van der Waals surface area contributed by atoms with Crippen LogP contribution in [0.3, 0.4) is 0 Å². The Bertz CT molecular complexity index is 535. The Balaban J connectivity index is 1.78. The third-order valence-corrected chi connectivity index (χ3v) is 6.18. The molecule has 3 fully saturated rings. The quantitative estimate of drug-likeness (QED) is 0.445. The molecule has 7 heteroatoms. The van der Waals surface area contributed by atoms with Crippen LogP contribution in [0, 0.1) is 23.2 Å². The molecule has 1 aliphatic heterocycles. The minimum absolute atomic E-state index is 0.0484. The van der Waals surface area contributed by atoms with Gasteiger partial charge in [0.1, 0.15) is 0 Å². The highest BCUT2D eigenvalue weighted by Gasteiger charge is 2.56. The van der Waals surface area contributed by atoms with Crippen LogP contribution in [0.2, 0.25) is 0 Å². The Morgan fingerprint density at radius 2 is 1.74 bits per heavy atom. The van der Waals surface area contributed by atoms with E-state index in [1.807, 2.05) is 4.90 Å². The van der Waals surface area contributed by atoms with Gasteiger partial charge in [0.05, 0.1) is 0 Å². The third kappa shape index (κ3) is 2.67. The average Bonchev–Trinajstić information content (AvgIpc) is 3.20. The molecule has 3 atom stereocenters. The second-order valence-corrected chi connectivity index (χ2v) is 7.64. The zero-order valence-corrected chi connectivity index (χ0v) is 13.9. The van der Waals surface area contributed by atoms with E-state index in [0.717, 1.165) is 51.6 Å². The van der Waals surface area contributed by atoms with Crippen LogP contribution in [0.4, 0.5) is 4.79 Å². The number of amides is 3. The summed E-state index contributed by atoms with van der Waals surface area (Å²) in [6.07, 6.45) is 6.00. The number of fused-ring (bicyclic) bond motifs is 1. The molecule has 0 aromatic rings. The average molecular weight is 319 g/mol. The van der Waals surface area contributed by atoms with Crippen LogP contribution >= 0.6 is 0 Å². The lowest BCUT2D eigenvalue weighted by Gasteiger charge is -2.34. The van der Waals surface area contributed by atoms with Gasteiger partial charge < -0.3 is 9.80 Å². The number of hydrogen-bond acceptors (Lipinski definition) is 2. The van der Waals surface area contributed by atoms with Crippen LogP contribution in [0.1, 0.15) is 38.5 Å². The van der Waals surface area contributed by atoms with Crippen LogP contribution in [-0.4, -0.2) is 48.9 Å². The summed E-state index contributed by atoms with van der Waals surface area (Å²) >= 11 is 0. The normalized spacial score (nSPS) is 33.4. The van der Waals surface area contributed by atoms with E-state index in [0.29, 0.717) is 17.8 Å². The first kappa shape index (κ1) is 16.1. The van der Waals surface area contributed by atoms with Crippen molar-refractivity contribution in [3.05, 3.63) is 10.4 Å². The maximum Gasteiger partial charge on any atom is 0.319 e. The molecule has 2 aliphatic carbocycles. The molecule has 1 heterocycles. The van der Waals surface area contributed by atoms with E-state index in [1.54, 1.807) is 19.0 Å². The molecule has 1 saturated heterocycles. The lowest BCUT2D eigenvalue weighted by Crippen LogP contribution is -2.40.